The van der Waals surface area contributed by atoms with Crippen LogP contribution in [-0.2, 0) is 11.3 Å². The molecule has 2 aromatic heterocycles. The first-order valence-electron chi connectivity index (χ1n) is 9.57. The molecular weight excluding hydrogens is 412 g/mol. The van der Waals surface area contributed by atoms with Crippen molar-refractivity contribution in [3.05, 3.63) is 75.6 Å². The average molecular weight is 430 g/mol. The second-order valence-corrected chi connectivity index (χ2v) is 7.73. The van der Waals surface area contributed by atoms with E-state index in [0.29, 0.717) is 21.6 Å². The summed E-state index contributed by atoms with van der Waals surface area (Å²) in [5.74, 6) is -0.512. The number of ketones is 1. The van der Waals surface area contributed by atoms with Gasteiger partial charge in [-0.3, -0.25) is 14.2 Å². The number of para-hydroxylation sites is 1. The van der Waals surface area contributed by atoms with Crippen LogP contribution < -0.4 is 10.3 Å². The van der Waals surface area contributed by atoms with E-state index in [4.69, 9.17) is 4.74 Å². The number of Topliss-reactive ketones (excluding diaryl/α,β-unsaturated/α-hetero) is 1. The van der Waals surface area contributed by atoms with Crippen LogP contribution in [0.3, 0.4) is 0 Å². The van der Waals surface area contributed by atoms with E-state index in [1.54, 1.807) is 25.3 Å². The highest BCUT2D eigenvalue weighted by Crippen LogP contribution is 2.28. The van der Waals surface area contributed by atoms with Crippen molar-refractivity contribution in [1.82, 2.24) is 14.5 Å². The Morgan fingerprint density at radius 2 is 2.00 bits per heavy atom. The van der Waals surface area contributed by atoms with Gasteiger partial charge < -0.3 is 4.74 Å². The molecule has 4 rings (SSSR count). The van der Waals surface area contributed by atoms with Crippen LogP contribution in [0.1, 0.15) is 17.3 Å². The first-order chi connectivity index (χ1) is 15.1. The zero-order valence-electron chi connectivity index (χ0n) is 16.7. The smallest absolute Gasteiger partial charge is 0.261 e. The quantitative estimate of drug-likeness (QED) is 0.442. The number of hydrogen-bond acceptors (Lipinski definition) is 7. The van der Waals surface area contributed by atoms with E-state index in [9.17, 15) is 14.9 Å². The minimum Gasteiger partial charge on any atom is -0.497 e. The lowest BCUT2D eigenvalue weighted by molar-refractivity contribution is -0.119. The molecule has 2 aromatic carbocycles. The molecule has 0 aliphatic rings. The van der Waals surface area contributed by atoms with Gasteiger partial charge in [0.2, 0.25) is 0 Å². The largest absolute Gasteiger partial charge is 0.497 e. The van der Waals surface area contributed by atoms with Gasteiger partial charge in [0.1, 0.15) is 10.8 Å². The number of methoxy groups -OCH3 is 1. The summed E-state index contributed by atoms with van der Waals surface area (Å²) in [6.07, 6.45) is 1.47. The monoisotopic (exact) mass is 430 g/mol. The van der Waals surface area contributed by atoms with Gasteiger partial charge in [0.15, 0.2) is 11.7 Å². The van der Waals surface area contributed by atoms with Crippen molar-refractivity contribution in [1.29, 1.82) is 5.26 Å². The van der Waals surface area contributed by atoms with Gasteiger partial charge >= 0.3 is 0 Å². The van der Waals surface area contributed by atoms with E-state index in [1.807, 2.05) is 35.7 Å². The Bertz CT molecular complexity index is 1340. The molecule has 31 heavy (non-hydrogen) atoms. The van der Waals surface area contributed by atoms with E-state index in [-0.39, 0.29) is 24.3 Å². The maximum atomic E-state index is 12.7. The summed E-state index contributed by atoms with van der Waals surface area (Å²) < 4.78 is 6.56. The highest BCUT2D eigenvalue weighted by atomic mass is 32.1. The topological polar surface area (TPSA) is 97.9 Å². The molecule has 154 valence electrons. The lowest BCUT2D eigenvalue weighted by Gasteiger charge is -2.08. The zero-order chi connectivity index (χ0) is 21.8. The molecule has 8 heteroatoms. The third kappa shape index (κ3) is 4.22. The fraction of sp³-hybridized carbons (Fsp3) is 0.174. The lowest BCUT2D eigenvalue weighted by Crippen LogP contribution is -2.23. The number of benzene rings is 2. The second-order valence-electron chi connectivity index (χ2n) is 6.84. The van der Waals surface area contributed by atoms with Gasteiger partial charge in [-0.2, -0.15) is 5.26 Å². The summed E-state index contributed by atoms with van der Waals surface area (Å²) in [5, 5.41) is 12.4. The third-order valence-corrected chi connectivity index (χ3v) is 5.85. The molecule has 0 amide bonds. The molecule has 4 aromatic rings. The summed E-state index contributed by atoms with van der Waals surface area (Å²) in [4.78, 5) is 34.1. The Labute approximate surface area is 182 Å². The molecule has 0 aliphatic heterocycles. The first-order valence-corrected chi connectivity index (χ1v) is 10.4. The number of carbonyl (C=O) groups excluding carboxylic acids is 1. The van der Waals surface area contributed by atoms with Crippen molar-refractivity contribution in [3.8, 4) is 23.1 Å². The van der Waals surface area contributed by atoms with E-state index < -0.39 is 5.92 Å². The van der Waals surface area contributed by atoms with Crippen LogP contribution >= 0.6 is 11.3 Å². The Morgan fingerprint density at radius 3 is 2.74 bits per heavy atom. The molecule has 1 unspecified atom stereocenters. The van der Waals surface area contributed by atoms with Crippen molar-refractivity contribution >= 4 is 28.0 Å². The molecule has 0 aliphatic carbocycles. The minimum atomic E-state index is -0.971. The molecule has 0 bridgehead atoms. The van der Waals surface area contributed by atoms with Crippen LogP contribution in [0.5, 0.6) is 5.75 Å². The fourth-order valence-corrected chi connectivity index (χ4v) is 4.11. The molecule has 7 nitrogen and oxygen atoms in total. The predicted molar refractivity (Wildman–Crippen MR) is 118 cm³/mol. The second kappa shape index (κ2) is 8.90. The van der Waals surface area contributed by atoms with Crippen molar-refractivity contribution < 1.29 is 9.53 Å². The number of aryl methyl sites for hydroxylation is 1. The highest BCUT2D eigenvalue weighted by Gasteiger charge is 2.24. The number of nitrogens with zero attached hydrogens (tertiary/aromatic N) is 4. The molecule has 0 N–H and O–H groups in total. The lowest BCUT2D eigenvalue weighted by atomic mass is 10.0. The Hall–Kier alpha value is -3.83. The standard InChI is InChI=1S/C23H18N4O3S/c1-30-16-8-6-15(7-9-16)20-13-31-22(26-20)18(12-24)21(28)10-11-27-14-25-19-5-3-2-4-17(19)23(27)29/h2-9,13-14,18H,10-11H2,1H3. The predicted octanol–water partition coefficient (Wildman–Crippen LogP) is 3.80. The number of rotatable bonds is 7. The Kier molecular flexibility index (Phi) is 5.87. The van der Waals surface area contributed by atoms with Crippen LogP contribution in [0.2, 0.25) is 0 Å². The summed E-state index contributed by atoms with van der Waals surface area (Å²) in [7, 11) is 1.60. The van der Waals surface area contributed by atoms with Crippen LogP contribution in [0.4, 0.5) is 0 Å². The normalized spacial score (nSPS) is 11.7. The van der Waals surface area contributed by atoms with Crippen molar-refractivity contribution in [2.45, 2.75) is 18.9 Å². The summed E-state index contributed by atoms with van der Waals surface area (Å²) >= 11 is 1.28. The number of aromatic nitrogens is 3. The molecule has 1 atom stereocenters. The van der Waals surface area contributed by atoms with Crippen molar-refractivity contribution in [2.75, 3.05) is 7.11 Å². The molecular formula is C23H18N4O3S. The van der Waals surface area contributed by atoms with E-state index >= 15 is 0 Å². The summed E-state index contributed by atoms with van der Waals surface area (Å²) in [6.45, 7) is 0.157. The number of carbonyl (C=O) groups is 1. The van der Waals surface area contributed by atoms with Gasteiger partial charge in [-0.25, -0.2) is 9.97 Å². The molecule has 0 saturated carbocycles. The molecule has 2 heterocycles. The van der Waals surface area contributed by atoms with Crippen molar-refractivity contribution in [2.24, 2.45) is 0 Å². The number of fused-ring (bicyclic) bond motifs is 1. The van der Waals surface area contributed by atoms with Crippen LogP contribution in [-0.4, -0.2) is 27.4 Å². The van der Waals surface area contributed by atoms with Gasteiger partial charge in [-0.15, -0.1) is 11.3 Å². The van der Waals surface area contributed by atoms with Crippen LogP contribution in [0.15, 0.2) is 65.0 Å². The van der Waals surface area contributed by atoms with E-state index in [1.165, 1.54) is 22.2 Å². The van der Waals surface area contributed by atoms with Gasteiger partial charge in [0.05, 0.1) is 36.1 Å². The van der Waals surface area contributed by atoms with E-state index in [2.05, 4.69) is 16.0 Å². The Morgan fingerprint density at radius 1 is 1.23 bits per heavy atom. The first kappa shape index (κ1) is 20.4. The number of thiazole rings is 1. The van der Waals surface area contributed by atoms with Gasteiger partial charge in [-0.05, 0) is 36.4 Å². The molecule has 0 fully saturated rings. The number of ether oxygens (including phenoxy) is 1. The maximum Gasteiger partial charge on any atom is 0.261 e. The van der Waals surface area contributed by atoms with Gasteiger partial charge in [0, 0.05) is 23.9 Å². The average Bonchev–Trinajstić information content (AvgIpc) is 3.29. The number of nitriles is 1. The summed E-state index contributed by atoms with van der Waals surface area (Å²) in [6, 6.07) is 16.5. The zero-order valence-corrected chi connectivity index (χ0v) is 17.5. The third-order valence-electron chi connectivity index (χ3n) is 4.94. The number of hydrogen-bond donors (Lipinski definition) is 0. The van der Waals surface area contributed by atoms with Crippen LogP contribution in [0, 0.1) is 11.3 Å². The molecule has 0 spiro atoms. The SMILES string of the molecule is COc1ccc(-c2csc(C(C#N)C(=O)CCn3cnc4ccccc4c3=O)n2)cc1. The summed E-state index contributed by atoms with van der Waals surface area (Å²) in [5.41, 5.74) is 1.98. The molecule has 0 saturated heterocycles. The highest BCUT2D eigenvalue weighted by molar-refractivity contribution is 7.10. The fourth-order valence-electron chi connectivity index (χ4n) is 3.22. The minimum absolute atomic E-state index is 0.0373. The van der Waals surface area contributed by atoms with E-state index in [0.717, 1.165) is 11.3 Å². The van der Waals surface area contributed by atoms with Crippen LogP contribution in [0.25, 0.3) is 22.2 Å². The molecule has 0 radical (unpaired) electrons. The maximum absolute atomic E-state index is 12.7. The van der Waals surface area contributed by atoms with Gasteiger partial charge in [-0.1, -0.05) is 12.1 Å². The Balaban J connectivity index is 1.49. The van der Waals surface area contributed by atoms with Gasteiger partial charge in [0.25, 0.3) is 5.56 Å². The van der Waals surface area contributed by atoms with Crippen molar-refractivity contribution in [3.63, 3.8) is 0 Å².